The summed E-state index contributed by atoms with van der Waals surface area (Å²) in [5.41, 5.74) is 0. The third-order valence-corrected chi connectivity index (χ3v) is 2.19. The summed E-state index contributed by atoms with van der Waals surface area (Å²) in [6, 6.07) is 0. The number of carbonyl (C=O) groups is 1. The highest BCUT2D eigenvalue weighted by Crippen LogP contribution is 2.02. The van der Waals surface area contributed by atoms with E-state index in [1.165, 1.54) is 0 Å². The second-order valence-electron chi connectivity index (χ2n) is 3.37. The predicted molar refractivity (Wildman–Crippen MR) is 56.3 cm³/mol. The lowest BCUT2D eigenvalue weighted by molar-refractivity contribution is -0.143. The molecule has 83 valence electrons. The van der Waals surface area contributed by atoms with E-state index in [0.717, 1.165) is 25.2 Å². The smallest absolute Gasteiger partial charge is 0.305 e. The molecule has 0 N–H and O–H groups in total. The van der Waals surface area contributed by atoms with Crippen LogP contribution in [0.3, 0.4) is 0 Å². The zero-order chi connectivity index (χ0) is 11.1. The van der Waals surface area contributed by atoms with E-state index in [4.69, 9.17) is 4.74 Å². The molecule has 0 atom stereocenters. The Labute approximate surface area is 90.3 Å². The quantitative estimate of drug-likeness (QED) is 0.529. The Morgan fingerprint density at radius 2 is 2.40 bits per heavy atom. The number of nitrogens with zero attached hydrogens (tertiary/aromatic N) is 2. The van der Waals surface area contributed by atoms with Crippen molar-refractivity contribution in [3.63, 3.8) is 0 Å². The zero-order valence-electron chi connectivity index (χ0n) is 9.32. The fourth-order valence-electron chi connectivity index (χ4n) is 1.36. The molecule has 4 heteroatoms. The number of imidazole rings is 1. The Hall–Kier alpha value is -1.32. The van der Waals surface area contributed by atoms with Crippen LogP contribution >= 0.6 is 0 Å². The van der Waals surface area contributed by atoms with E-state index in [1.807, 2.05) is 24.6 Å². The second kappa shape index (κ2) is 6.22. The first kappa shape index (κ1) is 11.8. The van der Waals surface area contributed by atoms with E-state index < -0.39 is 0 Å². The molecule has 0 saturated carbocycles. The average Bonchev–Trinajstić information content (AvgIpc) is 2.60. The van der Waals surface area contributed by atoms with Crippen LogP contribution in [0.1, 0.15) is 32.0 Å². The van der Waals surface area contributed by atoms with E-state index in [1.54, 1.807) is 0 Å². The van der Waals surface area contributed by atoms with Crippen molar-refractivity contribution < 1.29 is 9.53 Å². The molecule has 0 aliphatic heterocycles. The van der Waals surface area contributed by atoms with Gasteiger partial charge >= 0.3 is 5.97 Å². The molecule has 0 aromatic carbocycles. The molecular weight excluding hydrogens is 192 g/mol. The zero-order valence-corrected chi connectivity index (χ0v) is 9.32. The molecule has 0 spiro atoms. The van der Waals surface area contributed by atoms with Crippen LogP contribution in [-0.2, 0) is 16.1 Å². The lowest BCUT2D eigenvalue weighted by Crippen LogP contribution is -2.05. The lowest BCUT2D eigenvalue weighted by atomic mass is 10.2. The van der Waals surface area contributed by atoms with Crippen molar-refractivity contribution in [3.05, 3.63) is 18.2 Å². The van der Waals surface area contributed by atoms with Crippen molar-refractivity contribution in [1.29, 1.82) is 0 Å². The van der Waals surface area contributed by atoms with Gasteiger partial charge in [-0.05, 0) is 26.7 Å². The topological polar surface area (TPSA) is 44.1 Å². The van der Waals surface area contributed by atoms with E-state index >= 15 is 0 Å². The molecule has 0 aliphatic carbocycles. The first-order valence-electron chi connectivity index (χ1n) is 5.29. The average molecular weight is 209 g/mol. The minimum Gasteiger partial charge on any atom is -0.466 e. The number of rotatable bonds is 6. The molecule has 1 aromatic heterocycles. The van der Waals surface area contributed by atoms with Gasteiger partial charge in [-0.25, -0.2) is 4.98 Å². The van der Waals surface area contributed by atoms with Gasteiger partial charge in [0.25, 0.3) is 0 Å². The van der Waals surface area contributed by atoms with Gasteiger partial charge in [-0.3, -0.25) is 4.79 Å². The summed E-state index contributed by atoms with van der Waals surface area (Å²) in [7, 11) is 0. The van der Waals surface area contributed by atoms with Gasteiger partial charge in [-0.15, -0.1) is 0 Å². The fraction of sp³-hybridized carbons (Fsp3) is 0.636. The SMILES string of the molecule is CCOC(=O)CCCCn1c[c]nc1C. The van der Waals surface area contributed by atoms with Crippen molar-refractivity contribution in [1.82, 2.24) is 9.55 Å². The van der Waals surface area contributed by atoms with Gasteiger partial charge in [0.2, 0.25) is 0 Å². The highest BCUT2D eigenvalue weighted by Gasteiger charge is 2.01. The minimum absolute atomic E-state index is 0.105. The Balaban J connectivity index is 2.12. The first-order chi connectivity index (χ1) is 7.24. The Morgan fingerprint density at radius 1 is 1.60 bits per heavy atom. The van der Waals surface area contributed by atoms with Gasteiger partial charge in [-0.2, -0.15) is 0 Å². The molecule has 1 heterocycles. The van der Waals surface area contributed by atoms with Crippen LogP contribution in [0, 0.1) is 13.1 Å². The molecule has 1 aromatic rings. The summed E-state index contributed by atoms with van der Waals surface area (Å²) >= 11 is 0. The van der Waals surface area contributed by atoms with Gasteiger partial charge in [0.05, 0.1) is 6.61 Å². The van der Waals surface area contributed by atoms with Gasteiger partial charge in [0.15, 0.2) is 0 Å². The molecule has 4 nitrogen and oxygen atoms in total. The number of ether oxygens (including phenoxy) is 1. The molecule has 0 unspecified atom stereocenters. The standard InChI is InChI=1S/C11H17N2O2/c1-3-15-11(14)6-4-5-8-13-9-7-12-10(13)2/h9H,3-6,8H2,1-2H3. The minimum atomic E-state index is -0.105. The summed E-state index contributed by atoms with van der Waals surface area (Å²) in [6.45, 7) is 5.13. The van der Waals surface area contributed by atoms with E-state index in [-0.39, 0.29) is 5.97 Å². The van der Waals surface area contributed by atoms with Crippen molar-refractivity contribution in [2.75, 3.05) is 6.61 Å². The van der Waals surface area contributed by atoms with Gasteiger partial charge < -0.3 is 9.30 Å². The van der Waals surface area contributed by atoms with Crippen LogP contribution in [0.4, 0.5) is 0 Å². The third kappa shape index (κ3) is 4.14. The number of aryl methyl sites for hydroxylation is 2. The maximum atomic E-state index is 11.0. The number of carbonyl (C=O) groups excluding carboxylic acids is 1. The first-order valence-corrected chi connectivity index (χ1v) is 5.29. The van der Waals surface area contributed by atoms with Crippen molar-refractivity contribution in [2.45, 2.75) is 39.7 Å². The largest absolute Gasteiger partial charge is 0.466 e. The summed E-state index contributed by atoms with van der Waals surface area (Å²) in [5, 5.41) is 0. The third-order valence-electron chi connectivity index (χ3n) is 2.19. The molecule has 15 heavy (non-hydrogen) atoms. The fourth-order valence-corrected chi connectivity index (χ4v) is 1.36. The predicted octanol–water partition coefficient (Wildman–Crippen LogP) is 1.73. The van der Waals surface area contributed by atoms with Crippen LogP contribution in [0.15, 0.2) is 6.20 Å². The Bertz CT molecular complexity index is 307. The van der Waals surface area contributed by atoms with Crippen LogP contribution in [-0.4, -0.2) is 22.1 Å². The van der Waals surface area contributed by atoms with Crippen molar-refractivity contribution >= 4 is 5.97 Å². The monoisotopic (exact) mass is 209 g/mol. The highest BCUT2D eigenvalue weighted by atomic mass is 16.5. The van der Waals surface area contributed by atoms with Crippen LogP contribution in [0.5, 0.6) is 0 Å². The number of hydrogen-bond donors (Lipinski definition) is 0. The van der Waals surface area contributed by atoms with Crippen LogP contribution in [0.25, 0.3) is 0 Å². The number of aromatic nitrogens is 2. The molecule has 0 saturated heterocycles. The number of hydrogen-bond acceptors (Lipinski definition) is 3. The van der Waals surface area contributed by atoms with Crippen molar-refractivity contribution in [3.8, 4) is 0 Å². The molecular formula is C11H17N2O2. The van der Waals surface area contributed by atoms with Gasteiger partial charge in [0.1, 0.15) is 12.0 Å². The molecule has 1 radical (unpaired) electrons. The summed E-state index contributed by atoms with van der Waals surface area (Å²) in [4.78, 5) is 15.0. The molecule has 0 bridgehead atoms. The van der Waals surface area contributed by atoms with Gasteiger partial charge in [-0.1, -0.05) is 0 Å². The maximum Gasteiger partial charge on any atom is 0.305 e. The van der Waals surface area contributed by atoms with E-state index in [2.05, 4.69) is 11.2 Å². The molecule has 0 fully saturated rings. The van der Waals surface area contributed by atoms with Crippen LogP contribution < -0.4 is 0 Å². The maximum absolute atomic E-state index is 11.0. The van der Waals surface area contributed by atoms with E-state index in [0.29, 0.717) is 13.0 Å². The summed E-state index contributed by atoms with van der Waals surface area (Å²) < 4.78 is 6.87. The summed E-state index contributed by atoms with van der Waals surface area (Å²) in [6.07, 6.45) is 6.95. The van der Waals surface area contributed by atoms with Crippen LogP contribution in [0.2, 0.25) is 0 Å². The highest BCUT2D eigenvalue weighted by molar-refractivity contribution is 5.69. The Morgan fingerprint density at radius 3 is 3.00 bits per heavy atom. The molecule has 1 rings (SSSR count). The normalized spacial score (nSPS) is 10.3. The van der Waals surface area contributed by atoms with E-state index in [9.17, 15) is 4.79 Å². The van der Waals surface area contributed by atoms with Gasteiger partial charge in [0, 0.05) is 19.2 Å². The second-order valence-corrected chi connectivity index (χ2v) is 3.37. The van der Waals surface area contributed by atoms with Crippen molar-refractivity contribution in [2.24, 2.45) is 0 Å². The summed E-state index contributed by atoms with van der Waals surface area (Å²) in [5.74, 6) is 0.859. The number of unbranched alkanes of at least 4 members (excludes halogenated alkanes) is 1. The lowest BCUT2D eigenvalue weighted by Gasteiger charge is -2.04. The molecule has 0 aliphatic rings. The number of esters is 1. The Kier molecular flexibility index (Phi) is 4.87. The molecule has 0 amide bonds.